The summed E-state index contributed by atoms with van der Waals surface area (Å²) < 4.78 is 20.3. The normalized spacial score (nSPS) is 20.1. The summed E-state index contributed by atoms with van der Waals surface area (Å²) in [6.45, 7) is 0.503. The van der Waals surface area contributed by atoms with Crippen molar-refractivity contribution in [3.05, 3.63) is 82.9 Å². The average Bonchev–Trinajstić information content (AvgIpc) is 3.30. The van der Waals surface area contributed by atoms with Gasteiger partial charge in [0.15, 0.2) is 6.29 Å². The summed E-state index contributed by atoms with van der Waals surface area (Å²) in [4.78, 5) is 4.16. The molecule has 0 radical (unpaired) electrons. The SMILES string of the molecule is Clc1ccc(CC(OC2CCCC(COc3ccccc3)O2)n2ccnc2)c(Cl)c1. The van der Waals surface area contributed by atoms with Gasteiger partial charge in [-0.1, -0.05) is 47.5 Å². The van der Waals surface area contributed by atoms with Crippen molar-refractivity contribution in [2.24, 2.45) is 0 Å². The van der Waals surface area contributed by atoms with Crippen LogP contribution in [0.4, 0.5) is 0 Å². The molecule has 0 aliphatic carbocycles. The Kier molecular flexibility index (Phi) is 7.28. The van der Waals surface area contributed by atoms with E-state index in [2.05, 4.69) is 4.98 Å². The molecule has 0 saturated carbocycles. The molecule has 1 aromatic heterocycles. The maximum Gasteiger partial charge on any atom is 0.160 e. The van der Waals surface area contributed by atoms with E-state index >= 15 is 0 Å². The zero-order chi connectivity index (χ0) is 20.8. The van der Waals surface area contributed by atoms with Gasteiger partial charge in [0.1, 0.15) is 18.6 Å². The number of benzene rings is 2. The van der Waals surface area contributed by atoms with Crippen LogP contribution >= 0.6 is 23.2 Å². The Morgan fingerprint density at radius 2 is 2.00 bits per heavy atom. The number of nitrogens with zero attached hydrogens (tertiary/aromatic N) is 2. The Morgan fingerprint density at radius 3 is 2.77 bits per heavy atom. The third-order valence-corrected chi connectivity index (χ3v) is 5.65. The van der Waals surface area contributed by atoms with Gasteiger partial charge in [-0.05, 0) is 49.1 Å². The second-order valence-electron chi connectivity index (χ2n) is 7.28. The molecule has 0 N–H and O–H groups in total. The second-order valence-corrected chi connectivity index (χ2v) is 8.13. The smallest absolute Gasteiger partial charge is 0.160 e. The van der Waals surface area contributed by atoms with Crippen LogP contribution in [0.5, 0.6) is 5.75 Å². The first kappa shape index (κ1) is 21.2. The van der Waals surface area contributed by atoms with Crippen molar-refractivity contribution >= 4 is 23.2 Å². The molecule has 4 rings (SSSR count). The quantitative estimate of drug-likeness (QED) is 0.430. The summed E-state index contributed by atoms with van der Waals surface area (Å²) in [6, 6.07) is 15.3. The molecule has 7 heteroatoms. The van der Waals surface area contributed by atoms with Gasteiger partial charge in [-0.3, -0.25) is 0 Å². The van der Waals surface area contributed by atoms with Gasteiger partial charge < -0.3 is 18.8 Å². The number of rotatable bonds is 8. The molecule has 1 fully saturated rings. The molecule has 2 heterocycles. The first-order valence-corrected chi connectivity index (χ1v) is 10.8. The highest BCUT2D eigenvalue weighted by Gasteiger charge is 2.27. The van der Waals surface area contributed by atoms with E-state index in [-0.39, 0.29) is 18.6 Å². The molecule has 3 atom stereocenters. The van der Waals surface area contributed by atoms with E-state index in [0.29, 0.717) is 23.1 Å². The summed E-state index contributed by atoms with van der Waals surface area (Å²) in [5.74, 6) is 0.845. The molecular formula is C23H24Cl2N2O3. The lowest BCUT2D eigenvalue weighted by atomic mass is 10.1. The predicted octanol–water partition coefficient (Wildman–Crippen LogP) is 5.92. The fourth-order valence-corrected chi connectivity index (χ4v) is 3.99. The monoisotopic (exact) mass is 446 g/mol. The summed E-state index contributed by atoms with van der Waals surface area (Å²) in [5, 5.41) is 1.23. The van der Waals surface area contributed by atoms with Gasteiger partial charge in [0.2, 0.25) is 0 Å². The van der Waals surface area contributed by atoms with Gasteiger partial charge in [0.05, 0.1) is 12.4 Å². The lowest BCUT2D eigenvalue weighted by molar-refractivity contribution is -0.233. The minimum Gasteiger partial charge on any atom is -0.491 e. The highest BCUT2D eigenvalue weighted by molar-refractivity contribution is 6.35. The van der Waals surface area contributed by atoms with Crippen molar-refractivity contribution in [1.29, 1.82) is 0 Å². The predicted molar refractivity (Wildman–Crippen MR) is 117 cm³/mol. The number of ether oxygens (including phenoxy) is 3. The maximum atomic E-state index is 6.39. The molecular weight excluding hydrogens is 423 g/mol. The molecule has 3 unspecified atom stereocenters. The fourth-order valence-electron chi connectivity index (χ4n) is 3.51. The molecule has 1 saturated heterocycles. The molecule has 0 bridgehead atoms. The second kappa shape index (κ2) is 10.3. The number of hydrogen-bond acceptors (Lipinski definition) is 4. The Hall–Kier alpha value is -2.05. The zero-order valence-corrected chi connectivity index (χ0v) is 18.0. The van der Waals surface area contributed by atoms with Gasteiger partial charge in [-0.25, -0.2) is 4.98 Å². The van der Waals surface area contributed by atoms with Crippen LogP contribution < -0.4 is 4.74 Å². The first-order chi connectivity index (χ1) is 14.7. The molecule has 158 valence electrons. The molecule has 1 aliphatic heterocycles. The van der Waals surface area contributed by atoms with Crippen LogP contribution in [0, 0.1) is 0 Å². The van der Waals surface area contributed by atoms with Gasteiger partial charge in [0.25, 0.3) is 0 Å². The third-order valence-electron chi connectivity index (χ3n) is 5.07. The topological polar surface area (TPSA) is 45.5 Å². The highest BCUT2D eigenvalue weighted by Crippen LogP contribution is 2.29. The van der Waals surface area contributed by atoms with Crippen molar-refractivity contribution in [2.45, 2.75) is 44.3 Å². The lowest BCUT2D eigenvalue weighted by Gasteiger charge is -2.33. The number of aromatic nitrogens is 2. The van der Waals surface area contributed by atoms with Gasteiger partial charge in [-0.15, -0.1) is 0 Å². The largest absolute Gasteiger partial charge is 0.491 e. The average molecular weight is 447 g/mol. The number of imidazole rings is 1. The van der Waals surface area contributed by atoms with E-state index in [1.54, 1.807) is 18.6 Å². The number of hydrogen-bond donors (Lipinski definition) is 0. The number of halogens is 2. The van der Waals surface area contributed by atoms with Crippen molar-refractivity contribution in [2.75, 3.05) is 6.61 Å². The fraction of sp³-hybridized carbons (Fsp3) is 0.348. The van der Waals surface area contributed by atoms with Crippen molar-refractivity contribution in [1.82, 2.24) is 9.55 Å². The molecule has 5 nitrogen and oxygen atoms in total. The van der Waals surface area contributed by atoms with Crippen molar-refractivity contribution in [3.63, 3.8) is 0 Å². The van der Waals surface area contributed by atoms with Crippen molar-refractivity contribution in [3.8, 4) is 5.75 Å². The highest BCUT2D eigenvalue weighted by atomic mass is 35.5. The Morgan fingerprint density at radius 1 is 1.13 bits per heavy atom. The van der Waals surface area contributed by atoms with Crippen LogP contribution in [0.25, 0.3) is 0 Å². The van der Waals surface area contributed by atoms with E-state index in [1.165, 1.54) is 0 Å². The van der Waals surface area contributed by atoms with Crippen LogP contribution in [0.15, 0.2) is 67.3 Å². The maximum absolute atomic E-state index is 6.39. The Labute approximate surface area is 186 Å². The van der Waals surface area contributed by atoms with Crippen LogP contribution in [-0.2, 0) is 15.9 Å². The molecule has 0 amide bonds. The Bertz CT molecular complexity index is 921. The summed E-state index contributed by atoms with van der Waals surface area (Å²) in [5.41, 5.74) is 0.958. The minimum absolute atomic E-state index is 0.00786. The molecule has 1 aliphatic rings. The third kappa shape index (κ3) is 5.76. The standard InChI is InChI=1S/C23H24Cl2N2O3/c24-18-10-9-17(21(25)14-18)13-22(27-12-11-26-16-27)30-23-8-4-7-20(29-23)15-28-19-5-2-1-3-6-19/h1-3,5-6,9-12,14,16,20,22-23H,4,7-8,13,15H2. The summed E-state index contributed by atoms with van der Waals surface area (Å²) >= 11 is 12.4. The van der Waals surface area contributed by atoms with Gasteiger partial charge in [0, 0.05) is 28.9 Å². The van der Waals surface area contributed by atoms with Gasteiger partial charge in [-0.2, -0.15) is 0 Å². The number of para-hydroxylation sites is 1. The Balaban J connectivity index is 1.39. The summed E-state index contributed by atoms with van der Waals surface area (Å²) in [6.07, 6.45) is 8.13. The van der Waals surface area contributed by atoms with E-state index in [1.807, 2.05) is 53.2 Å². The minimum atomic E-state index is -0.318. The van der Waals surface area contributed by atoms with Crippen molar-refractivity contribution < 1.29 is 14.2 Å². The van der Waals surface area contributed by atoms with Crippen LogP contribution in [-0.4, -0.2) is 28.6 Å². The van der Waals surface area contributed by atoms with Crippen LogP contribution in [0.1, 0.15) is 31.1 Å². The van der Waals surface area contributed by atoms with Crippen LogP contribution in [0.3, 0.4) is 0 Å². The molecule has 30 heavy (non-hydrogen) atoms. The molecule has 3 aromatic rings. The van der Waals surface area contributed by atoms with E-state index in [0.717, 1.165) is 30.6 Å². The summed E-state index contributed by atoms with van der Waals surface area (Å²) in [7, 11) is 0. The first-order valence-electron chi connectivity index (χ1n) is 10.1. The molecule has 2 aromatic carbocycles. The van der Waals surface area contributed by atoms with Crippen LogP contribution in [0.2, 0.25) is 10.0 Å². The lowest BCUT2D eigenvalue weighted by Crippen LogP contribution is -2.35. The van der Waals surface area contributed by atoms with E-state index < -0.39 is 0 Å². The zero-order valence-electron chi connectivity index (χ0n) is 16.5. The van der Waals surface area contributed by atoms with E-state index in [9.17, 15) is 0 Å². The van der Waals surface area contributed by atoms with E-state index in [4.69, 9.17) is 37.4 Å². The molecule has 0 spiro atoms. The van der Waals surface area contributed by atoms with Gasteiger partial charge >= 0.3 is 0 Å².